The van der Waals surface area contributed by atoms with Crippen LogP contribution in [0.5, 0.6) is 0 Å². The Bertz CT molecular complexity index is 898. The van der Waals surface area contributed by atoms with Crippen molar-refractivity contribution in [3.63, 3.8) is 0 Å². The van der Waals surface area contributed by atoms with Crippen molar-refractivity contribution in [1.82, 2.24) is 10.2 Å². The minimum atomic E-state index is -2.19. The van der Waals surface area contributed by atoms with Gasteiger partial charge in [0.25, 0.3) is 5.91 Å². The summed E-state index contributed by atoms with van der Waals surface area (Å²) >= 11 is 0. The monoisotopic (exact) mass is 707 g/mol. The fraction of sp³-hybridized carbons (Fsp3) is 0.882. The molecule has 11 N–H and O–H groups in total. The first kappa shape index (κ1) is 45.3. The summed E-state index contributed by atoms with van der Waals surface area (Å²) in [7, 11) is 0. The first-order valence-corrected chi connectivity index (χ1v) is 18.0. The Morgan fingerprint density at radius 1 is 0.857 bits per heavy atom. The second kappa shape index (κ2) is 27.0. The summed E-state index contributed by atoms with van der Waals surface area (Å²) in [4.78, 5) is 27.0. The summed E-state index contributed by atoms with van der Waals surface area (Å²) in [5, 5.41) is 82.7. The van der Waals surface area contributed by atoms with Gasteiger partial charge in [-0.25, -0.2) is 0 Å². The second-order valence-electron chi connectivity index (χ2n) is 12.8. The zero-order chi connectivity index (χ0) is 36.6. The van der Waals surface area contributed by atoms with E-state index in [1.165, 1.54) is 43.4 Å². The maximum absolute atomic E-state index is 12.8. The normalized spacial score (nSPS) is 23.7. The van der Waals surface area contributed by atoms with E-state index in [1.807, 2.05) is 0 Å². The standard InChI is InChI=1S/C34H65N3O12/c1-2-3-4-5-6-7-8-9-10-11-12-13-14-15-16-17-26(41)37(20-18-35)21-19-36-33(47)30(45)29(44)32(24(40)22-38)49-34-31(46)28(43)27(42)25(23-39)48-34/h9-10,24-25,27-32,34,38-40,42-46H,2-8,11-23,35H2,1H3,(H,36,47)/b10-9-/t24?,25?,27-,28-,29?,30?,31?,32?,34-/m0/s1. The SMILES string of the molecule is CCCCCCCC/C=C\CCCCCCCC(=O)N(CCN)CCNC(=O)C(O)C(O)C(O[C@@H]1OC(CO)[C@H](O)[C@H](O)C1O)C(O)CO. The van der Waals surface area contributed by atoms with Crippen LogP contribution >= 0.6 is 0 Å². The van der Waals surface area contributed by atoms with Crippen LogP contribution in [-0.4, -0.2) is 152 Å². The van der Waals surface area contributed by atoms with Gasteiger partial charge in [0.05, 0.1) is 13.2 Å². The largest absolute Gasteiger partial charge is 0.394 e. The maximum atomic E-state index is 12.8. The number of nitrogens with one attached hydrogen (secondary N) is 1. The van der Waals surface area contributed by atoms with Gasteiger partial charge in [0, 0.05) is 32.6 Å². The van der Waals surface area contributed by atoms with E-state index in [9.17, 15) is 50.4 Å². The molecule has 0 aromatic rings. The zero-order valence-electron chi connectivity index (χ0n) is 29.2. The molecule has 0 saturated carbocycles. The number of allylic oxidation sites excluding steroid dienone is 2. The zero-order valence-corrected chi connectivity index (χ0v) is 29.2. The number of nitrogens with two attached hydrogens (primary N) is 1. The minimum absolute atomic E-state index is 0.0818. The number of carbonyl (C=O) groups excluding carboxylic acids is 2. The third-order valence-electron chi connectivity index (χ3n) is 8.72. The first-order chi connectivity index (χ1) is 23.5. The average molecular weight is 708 g/mol. The van der Waals surface area contributed by atoms with E-state index in [2.05, 4.69) is 24.4 Å². The number of hydrogen-bond acceptors (Lipinski definition) is 13. The number of nitrogens with zero attached hydrogens (tertiary/aromatic N) is 1. The van der Waals surface area contributed by atoms with E-state index in [-0.39, 0.29) is 32.1 Å². The molecule has 0 aromatic carbocycles. The molecular weight excluding hydrogens is 642 g/mol. The molecule has 9 atom stereocenters. The highest BCUT2D eigenvalue weighted by atomic mass is 16.7. The lowest BCUT2D eigenvalue weighted by molar-refractivity contribution is -0.326. The predicted octanol–water partition coefficient (Wildman–Crippen LogP) is -0.812. The van der Waals surface area contributed by atoms with Crippen LogP contribution in [0.3, 0.4) is 0 Å². The third kappa shape index (κ3) is 17.3. The summed E-state index contributed by atoms with van der Waals surface area (Å²) in [5.74, 6) is -1.19. The molecule has 15 nitrogen and oxygen atoms in total. The van der Waals surface area contributed by atoms with Gasteiger partial charge in [-0.05, 0) is 32.1 Å². The van der Waals surface area contributed by atoms with Crippen molar-refractivity contribution >= 4 is 11.8 Å². The Labute approximate surface area is 291 Å². The Kier molecular flexibility index (Phi) is 24.9. The number of hydrogen-bond donors (Lipinski definition) is 10. The summed E-state index contributed by atoms with van der Waals surface area (Å²) in [6.07, 6.45) is 3.15. The topological polar surface area (TPSA) is 256 Å². The van der Waals surface area contributed by atoms with Crippen molar-refractivity contribution in [2.45, 2.75) is 152 Å². The molecule has 288 valence electrons. The highest BCUT2D eigenvalue weighted by Crippen LogP contribution is 2.25. The van der Waals surface area contributed by atoms with Crippen LogP contribution in [-0.2, 0) is 19.1 Å². The van der Waals surface area contributed by atoms with E-state index < -0.39 is 74.2 Å². The molecule has 49 heavy (non-hydrogen) atoms. The van der Waals surface area contributed by atoms with Crippen molar-refractivity contribution in [2.75, 3.05) is 39.4 Å². The quantitative estimate of drug-likeness (QED) is 0.0353. The van der Waals surface area contributed by atoms with Crippen molar-refractivity contribution in [2.24, 2.45) is 5.73 Å². The predicted molar refractivity (Wildman–Crippen MR) is 182 cm³/mol. The molecule has 0 aliphatic carbocycles. The molecule has 1 aliphatic heterocycles. The van der Waals surface area contributed by atoms with Crippen molar-refractivity contribution in [3.05, 3.63) is 12.2 Å². The lowest BCUT2D eigenvalue weighted by Gasteiger charge is -2.42. The molecule has 0 radical (unpaired) electrons. The minimum Gasteiger partial charge on any atom is -0.394 e. The van der Waals surface area contributed by atoms with Gasteiger partial charge < -0.3 is 66.3 Å². The number of aliphatic hydroxyl groups is 8. The Hall–Kier alpha value is -1.76. The van der Waals surface area contributed by atoms with E-state index in [0.29, 0.717) is 6.42 Å². The van der Waals surface area contributed by atoms with Gasteiger partial charge in [0.15, 0.2) is 12.4 Å². The molecular formula is C34H65N3O12. The highest BCUT2D eigenvalue weighted by Gasteiger charge is 2.47. The van der Waals surface area contributed by atoms with E-state index in [0.717, 1.165) is 44.9 Å². The van der Waals surface area contributed by atoms with Gasteiger partial charge in [-0.2, -0.15) is 0 Å². The lowest BCUT2D eigenvalue weighted by Crippen LogP contribution is -2.62. The lowest BCUT2D eigenvalue weighted by atomic mass is 9.98. The second-order valence-corrected chi connectivity index (χ2v) is 12.8. The van der Waals surface area contributed by atoms with Crippen LogP contribution in [0.25, 0.3) is 0 Å². The van der Waals surface area contributed by atoms with Crippen LogP contribution in [0.4, 0.5) is 0 Å². The van der Waals surface area contributed by atoms with Crippen molar-refractivity contribution in [1.29, 1.82) is 0 Å². The maximum Gasteiger partial charge on any atom is 0.251 e. The molecule has 1 saturated heterocycles. The molecule has 15 heteroatoms. The van der Waals surface area contributed by atoms with E-state index in [1.54, 1.807) is 0 Å². The van der Waals surface area contributed by atoms with Crippen molar-refractivity contribution in [3.8, 4) is 0 Å². The molecule has 2 amide bonds. The van der Waals surface area contributed by atoms with E-state index in [4.69, 9.17) is 15.2 Å². The van der Waals surface area contributed by atoms with Gasteiger partial charge in [0.1, 0.15) is 42.7 Å². The van der Waals surface area contributed by atoms with Crippen LogP contribution in [0.2, 0.25) is 0 Å². The molecule has 6 unspecified atom stereocenters. The van der Waals surface area contributed by atoms with Crippen LogP contribution < -0.4 is 11.1 Å². The van der Waals surface area contributed by atoms with Gasteiger partial charge in [-0.1, -0.05) is 70.4 Å². The molecule has 0 aromatic heterocycles. The number of unbranched alkanes of at least 4 members (excludes halogenated alkanes) is 11. The molecule has 1 aliphatic rings. The summed E-state index contributed by atoms with van der Waals surface area (Å²) in [6, 6.07) is 0. The molecule has 0 bridgehead atoms. The fourth-order valence-electron chi connectivity index (χ4n) is 5.61. The van der Waals surface area contributed by atoms with Crippen molar-refractivity contribution < 1.29 is 59.9 Å². The highest BCUT2D eigenvalue weighted by molar-refractivity contribution is 5.81. The van der Waals surface area contributed by atoms with Crippen LogP contribution in [0.1, 0.15) is 96.8 Å². The molecule has 1 heterocycles. The van der Waals surface area contributed by atoms with Crippen LogP contribution in [0.15, 0.2) is 12.2 Å². The summed E-state index contributed by atoms with van der Waals surface area (Å²) < 4.78 is 10.5. The van der Waals surface area contributed by atoms with Gasteiger partial charge in [0.2, 0.25) is 5.91 Å². The van der Waals surface area contributed by atoms with Crippen LogP contribution in [0, 0.1) is 0 Å². The number of aliphatic hydroxyl groups excluding tert-OH is 8. The van der Waals surface area contributed by atoms with Gasteiger partial charge in [-0.15, -0.1) is 0 Å². The number of amides is 2. The Morgan fingerprint density at radius 2 is 1.45 bits per heavy atom. The fourth-order valence-corrected chi connectivity index (χ4v) is 5.61. The number of carbonyl (C=O) groups is 2. The Balaban J connectivity index is 2.43. The number of rotatable bonds is 28. The molecule has 0 spiro atoms. The first-order valence-electron chi connectivity index (χ1n) is 18.0. The Morgan fingerprint density at radius 3 is 2.02 bits per heavy atom. The third-order valence-corrected chi connectivity index (χ3v) is 8.72. The molecule has 1 rings (SSSR count). The summed E-state index contributed by atoms with van der Waals surface area (Å²) in [6.45, 7) is 0.965. The summed E-state index contributed by atoms with van der Waals surface area (Å²) in [5.41, 5.74) is 5.68. The van der Waals surface area contributed by atoms with E-state index >= 15 is 0 Å². The smallest absolute Gasteiger partial charge is 0.251 e. The average Bonchev–Trinajstić information content (AvgIpc) is 3.10. The van der Waals surface area contributed by atoms with Gasteiger partial charge >= 0.3 is 0 Å². The van der Waals surface area contributed by atoms with Gasteiger partial charge in [-0.3, -0.25) is 9.59 Å². The number of ether oxygens (including phenoxy) is 2. The molecule has 1 fully saturated rings.